The van der Waals surface area contributed by atoms with Gasteiger partial charge in [-0.2, -0.15) is 0 Å². The van der Waals surface area contributed by atoms with Crippen molar-refractivity contribution in [3.05, 3.63) is 71.9 Å². The van der Waals surface area contributed by atoms with E-state index in [1.54, 1.807) is 36.7 Å². The van der Waals surface area contributed by atoms with E-state index in [0.717, 1.165) is 23.5 Å². The van der Waals surface area contributed by atoms with Crippen molar-refractivity contribution in [2.24, 2.45) is 10.7 Å². The van der Waals surface area contributed by atoms with Gasteiger partial charge in [0.05, 0.1) is 5.69 Å². The number of aliphatic imine (C=N–C) groups is 1. The Kier molecular flexibility index (Phi) is 11.1. The number of nitrogens with two attached hydrogens (primary N) is 1. The first-order chi connectivity index (χ1) is 14.5. The van der Waals surface area contributed by atoms with Gasteiger partial charge in [-0.3, -0.25) is 9.79 Å². The molecule has 0 saturated heterocycles. The number of carbonyl (C=O) groups is 1. The van der Waals surface area contributed by atoms with Crippen molar-refractivity contribution >= 4 is 23.8 Å². The van der Waals surface area contributed by atoms with Gasteiger partial charge >= 0.3 is 0 Å². The second-order valence-electron chi connectivity index (χ2n) is 5.96. The van der Waals surface area contributed by atoms with E-state index < -0.39 is 5.91 Å². The fourth-order valence-corrected chi connectivity index (χ4v) is 2.33. The molecule has 0 aliphatic carbocycles. The summed E-state index contributed by atoms with van der Waals surface area (Å²) in [5, 5.41) is 3.12. The van der Waals surface area contributed by atoms with Crippen LogP contribution in [0.2, 0.25) is 0 Å². The first kappa shape index (κ1) is 24.5. The van der Waals surface area contributed by atoms with Crippen molar-refractivity contribution in [2.75, 3.05) is 11.9 Å². The normalized spacial score (nSPS) is 9.77. The lowest BCUT2D eigenvalue weighted by atomic mass is 10.1. The Balaban J connectivity index is 0.000000565. The number of aryl methyl sites for hydroxylation is 1. The number of hydrogen-bond donors (Lipinski definition) is 2. The van der Waals surface area contributed by atoms with Crippen LogP contribution in [0, 0.1) is 6.92 Å². The van der Waals surface area contributed by atoms with E-state index in [1.165, 1.54) is 5.56 Å². The number of benzene rings is 2. The Hall–Kier alpha value is -3.54. The molecule has 0 bridgehead atoms. The third-order valence-corrected chi connectivity index (χ3v) is 3.79. The zero-order valence-electron chi connectivity index (χ0n) is 18.4. The highest BCUT2D eigenvalue weighted by atomic mass is 16.1. The number of hydrogen-bond acceptors (Lipinski definition) is 5. The lowest BCUT2D eigenvalue weighted by Crippen LogP contribution is -2.10. The van der Waals surface area contributed by atoms with E-state index in [9.17, 15) is 4.79 Å². The second kappa shape index (κ2) is 13.6. The van der Waals surface area contributed by atoms with Gasteiger partial charge in [0.1, 0.15) is 0 Å². The molecule has 1 aromatic heterocycles. The fraction of sp³-hybridized carbons (Fsp3) is 0.250. The highest BCUT2D eigenvalue weighted by Crippen LogP contribution is 2.20. The zero-order chi connectivity index (χ0) is 22.4. The topological polar surface area (TPSA) is 93.3 Å². The second-order valence-corrected chi connectivity index (χ2v) is 5.96. The van der Waals surface area contributed by atoms with Crippen molar-refractivity contribution in [2.45, 2.75) is 34.6 Å². The molecule has 0 atom stereocenters. The lowest BCUT2D eigenvalue weighted by molar-refractivity contribution is 0.100. The standard InChI is InChI=1S/C18H16N4O.C4H9N.C2H6/c1-12-2-4-13(5-3-12)16-10-11-20-18(22-16)21-15-8-6-14(7-9-15)17(19)23;1-3-5-4-2;1-2/h2-11H,1H3,(H2,19,23)(H,20,21,22);3H,4H2,1-2H3;1-2H3. The molecule has 3 N–H and O–H groups in total. The number of aromatic nitrogens is 2. The molecule has 6 heteroatoms. The van der Waals surface area contributed by atoms with E-state index in [4.69, 9.17) is 5.73 Å². The summed E-state index contributed by atoms with van der Waals surface area (Å²) in [6, 6.07) is 16.9. The average molecular weight is 406 g/mol. The summed E-state index contributed by atoms with van der Waals surface area (Å²) in [4.78, 5) is 23.7. The van der Waals surface area contributed by atoms with Crippen LogP contribution >= 0.6 is 0 Å². The first-order valence-electron chi connectivity index (χ1n) is 10.0. The molecule has 0 fully saturated rings. The van der Waals surface area contributed by atoms with E-state index in [-0.39, 0.29) is 0 Å². The van der Waals surface area contributed by atoms with Gasteiger partial charge in [0.25, 0.3) is 0 Å². The molecule has 0 aliphatic rings. The molecule has 0 spiro atoms. The molecule has 6 nitrogen and oxygen atoms in total. The number of nitrogens with one attached hydrogen (secondary N) is 1. The average Bonchev–Trinajstić information content (AvgIpc) is 2.77. The zero-order valence-corrected chi connectivity index (χ0v) is 18.4. The molecular weight excluding hydrogens is 374 g/mol. The molecular formula is C24H31N5O. The smallest absolute Gasteiger partial charge is 0.248 e. The predicted octanol–water partition coefficient (Wildman–Crippen LogP) is 5.42. The maximum Gasteiger partial charge on any atom is 0.248 e. The van der Waals surface area contributed by atoms with Crippen LogP contribution in [0.1, 0.15) is 43.6 Å². The Morgan fingerprint density at radius 2 is 1.70 bits per heavy atom. The van der Waals surface area contributed by atoms with Gasteiger partial charge in [-0.25, -0.2) is 9.97 Å². The van der Waals surface area contributed by atoms with Gasteiger partial charge in [0.2, 0.25) is 11.9 Å². The molecule has 0 aliphatic heterocycles. The monoisotopic (exact) mass is 405 g/mol. The summed E-state index contributed by atoms with van der Waals surface area (Å²) < 4.78 is 0. The van der Waals surface area contributed by atoms with Crippen molar-refractivity contribution < 1.29 is 4.79 Å². The van der Waals surface area contributed by atoms with E-state index in [1.807, 2.05) is 65.0 Å². The fourth-order valence-electron chi connectivity index (χ4n) is 2.33. The largest absolute Gasteiger partial charge is 0.366 e. The molecule has 158 valence electrons. The summed E-state index contributed by atoms with van der Waals surface area (Å²) in [6.07, 6.45) is 3.52. The number of primary amides is 1. The minimum atomic E-state index is -0.450. The van der Waals surface area contributed by atoms with Gasteiger partial charge < -0.3 is 11.1 Å². The third-order valence-electron chi connectivity index (χ3n) is 3.79. The van der Waals surface area contributed by atoms with Gasteiger partial charge in [-0.1, -0.05) is 43.7 Å². The van der Waals surface area contributed by atoms with Gasteiger partial charge in [0.15, 0.2) is 0 Å². The number of carbonyl (C=O) groups excluding carboxylic acids is 1. The summed E-state index contributed by atoms with van der Waals surface area (Å²) in [7, 11) is 0. The summed E-state index contributed by atoms with van der Waals surface area (Å²) in [5.74, 6) is 0.0454. The Morgan fingerprint density at radius 1 is 1.07 bits per heavy atom. The van der Waals surface area contributed by atoms with Crippen molar-refractivity contribution in [3.63, 3.8) is 0 Å². The van der Waals surface area contributed by atoms with Gasteiger partial charge in [0, 0.05) is 29.6 Å². The summed E-state index contributed by atoms with van der Waals surface area (Å²) >= 11 is 0. The Labute approximate surface area is 179 Å². The summed E-state index contributed by atoms with van der Waals surface area (Å²) in [5.41, 5.74) is 9.56. The molecule has 3 rings (SSSR count). The minimum absolute atomic E-state index is 0.450. The maximum absolute atomic E-state index is 11.1. The van der Waals surface area contributed by atoms with Crippen molar-refractivity contribution in [1.82, 2.24) is 9.97 Å². The maximum atomic E-state index is 11.1. The highest BCUT2D eigenvalue weighted by molar-refractivity contribution is 5.93. The van der Waals surface area contributed by atoms with Crippen LogP contribution in [0.15, 0.2) is 65.8 Å². The number of nitrogens with zero attached hydrogens (tertiary/aromatic N) is 3. The van der Waals surface area contributed by atoms with Crippen LogP contribution in [0.3, 0.4) is 0 Å². The Bertz CT molecular complexity index is 919. The number of rotatable bonds is 5. The molecule has 0 saturated carbocycles. The van der Waals surface area contributed by atoms with E-state index >= 15 is 0 Å². The quantitative estimate of drug-likeness (QED) is 0.554. The van der Waals surface area contributed by atoms with Crippen molar-refractivity contribution in [1.29, 1.82) is 0 Å². The minimum Gasteiger partial charge on any atom is -0.366 e. The first-order valence-corrected chi connectivity index (χ1v) is 10.0. The SMILES string of the molecule is CC.CC=NCC.Cc1ccc(-c2ccnc(Nc3ccc(C(N)=O)cc3)n2)cc1. The van der Waals surface area contributed by atoms with Gasteiger partial charge in [-0.05, 0) is 57.3 Å². The van der Waals surface area contributed by atoms with Crippen LogP contribution in [0.25, 0.3) is 11.3 Å². The van der Waals surface area contributed by atoms with Crippen molar-refractivity contribution in [3.8, 4) is 11.3 Å². The molecule has 3 aromatic rings. The predicted molar refractivity (Wildman–Crippen MR) is 127 cm³/mol. The van der Waals surface area contributed by atoms with E-state index in [2.05, 4.69) is 20.3 Å². The van der Waals surface area contributed by atoms with Crippen LogP contribution in [0.5, 0.6) is 0 Å². The van der Waals surface area contributed by atoms with Crippen LogP contribution < -0.4 is 11.1 Å². The highest BCUT2D eigenvalue weighted by Gasteiger charge is 2.04. The van der Waals surface area contributed by atoms with E-state index in [0.29, 0.717) is 11.5 Å². The Morgan fingerprint density at radius 3 is 2.20 bits per heavy atom. The molecule has 2 aromatic carbocycles. The number of amides is 1. The van der Waals surface area contributed by atoms with Crippen LogP contribution in [-0.4, -0.2) is 28.6 Å². The molecule has 30 heavy (non-hydrogen) atoms. The lowest BCUT2D eigenvalue weighted by Gasteiger charge is -2.07. The summed E-state index contributed by atoms with van der Waals surface area (Å²) in [6.45, 7) is 10.9. The molecule has 1 amide bonds. The third kappa shape index (κ3) is 8.22. The number of anilines is 2. The molecule has 0 unspecified atom stereocenters. The molecule has 0 radical (unpaired) electrons. The van der Waals surface area contributed by atoms with Crippen LogP contribution in [-0.2, 0) is 0 Å². The molecule has 1 heterocycles. The van der Waals surface area contributed by atoms with Crippen LogP contribution in [0.4, 0.5) is 11.6 Å². The van der Waals surface area contributed by atoms with Gasteiger partial charge in [-0.15, -0.1) is 0 Å².